The predicted octanol–water partition coefficient (Wildman–Crippen LogP) is 2.68. The van der Waals surface area contributed by atoms with E-state index >= 15 is 0 Å². The summed E-state index contributed by atoms with van der Waals surface area (Å²) in [6.45, 7) is 4.15. The Bertz CT molecular complexity index is 406. The third-order valence-corrected chi connectivity index (χ3v) is 2.08. The first kappa shape index (κ1) is 7.35. The van der Waals surface area contributed by atoms with E-state index in [0.717, 1.165) is 12.1 Å². The standard InChI is InChI=1S/C10H12N2.H2/c1-3-9-5-8-6-11-7(2)4-10(8)12-9;/h4-6,12H,3H2,1-2H3;1H. The Morgan fingerprint density at radius 2 is 2.33 bits per heavy atom. The number of hydrogen-bond acceptors (Lipinski definition) is 1. The van der Waals surface area contributed by atoms with Crippen molar-refractivity contribution in [3.8, 4) is 0 Å². The number of rotatable bonds is 1. The molecule has 0 aliphatic rings. The summed E-state index contributed by atoms with van der Waals surface area (Å²) in [5.41, 5.74) is 3.53. The number of pyridine rings is 1. The fourth-order valence-corrected chi connectivity index (χ4v) is 1.38. The molecular weight excluding hydrogens is 148 g/mol. The molecule has 2 aromatic rings. The second kappa shape index (κ2) is 2.63. The largest absolute Gasteiger partial charge is 0.358 e. The number of fused-ring (bicyclic) bond motifs is 1. The number of nitrogens with one attached hydrogen (secondary N) is 1. The highest BCUT2D eigenvalue weighted by Crippen LogP contribution is 2.14. The molecule has 0 atom stereocenters. The van der Waals surface area contributed by atoms with Crippen molar-refractivity contribution in [1.29, 1.82) is 0 Å². The summed E-state index contributed by atoms with van der Waals surface area (Å²) >= 11 is 0. The van der Waals surface area contributed by atoms with Crippen molar-refractivity contribution < 1.29 is 1.43 Å². The van der Waals surface area contributed by atoms with Crippen molar-refractivity contribution in [2.45, 2.75) is 20.3 Å². The average Bonchev–Trinajstić information content (AvgIpc) is 2.46. The van der Waals surface area contributed by atoms with Gasteiger partial charge in [-0.2, -0.15) is 0 Å². The van der Waals surface area contributed by atoms with Gasteiger partial charge in [0.15, 0.2) is 0 Å². The van der Waals surface area contributed by atoms with Crippen molar-refractivity contribution in [3.05, 3.63) is 29.7 Å². The lowest BCUT2D eigenvalue weighted by atomic mass is 10.3. The monoisotopic (exact) mass is 162 g/mol. The minimum Gasteiger partial charge on any atom is -0.358 e. The molecule has 64 valence electrons. The van der Waals surface area contributed by atoms with Gasteiger partial charge in [-0.3, -0.25) is 4.98 Å². The molecule has 0 amide bonds. The van der Waals surface area contributed by atoms with E-state index in [4.69, 9.17) is 0 Å². The molecule has 0 radical (unpaired) electrons. The molecule has 2 rings (SSSR count). The molecule has 0 aromatic carbocycles. The number of H-pyrrole nitrogens is 1. The van der Waals surface area contributed by atoms with E-state index < -0.39 is 0 Å². The maximum Gasteiger partial charge on any atom is 0.0489 e. The first-order valence-electron chi connectivity index (χ1n) is 4.24. The number of aryl methyl sites for hydroxylation is 2. The van der Waals surface area contributed by atoms with Crippen LogP contribution in [0.15, 0.2) is 18.3 Å². The van der Waals surface area contributed by atoms with Crippen LogP contribution in [-0.4, -0.2) is 9.97 Å². The molecule has 0 bridgehead atoms. The maximum atomic E-state index is 4.23. The minimum atomic E-state index is 0. The van der Waals surface area contributed by atoms with Crippen LogP contribution >= 0.6 is 0 Å². The zero-order valence-corrected chi connectivity index (χ0v) is 7.39. The van der Waals surface area contributed by atoms with E-state index in [-0.39, 0.29) is 1.43 Å². The van der Waals surface area contributed by atoms with Crippen molar-refractivity contribution in [1.82, 2.24) is 9.97 Å². The molecule has 0 unspecified atom stereocenters. The molecule has 2 aromatic heterocycles. The van der Waals surface area contributed by atoms with Gasteiger partial charge in [-0.15, -0.1) is 0 Å². The van der Waals surface area contributed by atoms with E-state index in [1.807, 2.05) is 13.1 Å². The molecule has 0 aliphatic carbocycles. The van der Waals surface area contributed by atoms with Crippen LogP contribution in [0.1, 0.15) is 19.7 Å². The van der Waals surface area contributed by atoms with E-state index in [2.05, 4.69) is 29.0 Å². The molecule has 2 nitrogen and oxygen atoms in total. The van der Waals surface area contributed by atoms with Crippen molar-refractivity contribution in [2.24, 2.45) is 0 Å². The number of hydrogen-bond donors (Lipinski definition) is 1. The van der Waals surface area contributed by atoms with E-state index in [9.17, 15) is 0 Å². The second-order valence-electron chi connectivity index (χ2n) is 3.06. The van der Waals surface area contributed by atoms with Gasteiger partial charge in [-0.1, -0.05) is 6.92 Å². The molecule has 12 heavy (non-hydrogen) atoms. The van der Waals surface area contributed by atoms with Gasteiger partial charge in [0, 0.05) is 29.9 Å². The van der Waals surface area contributed by atoms with Gasteiger partial charge < -0.3 is 4.98 Å². The normalized spacial score (nSPS) is 10.8. The van der Waals surface area contributed by atoms with Crippen molar-refractivity contribution in [2.75, 3.05) is 0 Å². The molecule has 1 N–H and O–H groups in total. The van der Waals surface area contributed by atoms with E-state index in [1.165, 1.54) is 16.6 Å². The summed E-state index contributed by atoms with van der Waals surface area (Å²) in [7, 11) is 0. The summed E-state index contributed by atoms with van der Waals surface area (Å²) in [6.07, 6.45) is 2.97. The van der Waals surface area contributed by atoms with Crippen LogP contribution in [0.3, 0.4) is 0 Å². The molecule has 0 saturated heterocycles. The molecule has 0 fully saturated rings. The number of nitrogens with zero attached hydrogens (tertiary/aromatic N) is 1. The summed E-state index contributed by atoms with van der Waals surface area (Å²) in [5.74, 6) is 0. The van der Waals surface area contributed by atoms with E-state index in [0.29, 0.717) is 0 Å². The Labute approximate surface area is 73.1 Å². The maximum absolute atomic E-state index is 4.23. The van der Waals surface area contributed by atoms with Crippen LogP contribution in [-0.2, 0) is 6.42 Å². The van der Waals surface area contributed by atoms with Gasteiger partial charge in [-0.05, 0) is 25.5 Å². The average molecular weight is 162 g/mol. The lowest BCUT2D eigenvalue weighted by Crippen LogP contribution is -1.78. The van der Waals surface area contributed by atoms with Gasteiger partial charge in [-0.25, -0.2) is 0 Å². The summed E-state index contributed by atoms with van der Waals surface area (Å²) in [5, 5.41) is 1.21. The zero-order valence-electron chi connectivity index (χ0n) is 7.39. The van der Waals surface area contributed by atoms with Crippen molar-refractivity contribution in [3.63, 3.8) is 0 Å². The highest BCUT2D eigenvalue weighted by Gasteiger charge is 1.98. The quantitative estimate of drug-likeness (QED) is 0.686. The topological polar surface area (TPSA) is 28.7 Å². The lowest BCUT2D eigenvalue weighted by Gasteiger charge is -1.90. The minimum absolute atomic E-state index is 0. The van der Waals surface area contributed by atoms with Crippen LogP contribution in [0.2, 0.25) is 0 Å². The Kier molecular flexibility index (Phi) is 1.61. The second-order valence-corrected chi connectivity index (χ2v) is 3.06. The Balaban J connectivity index is 0.000000845. The molecule has 0 aliphatic heterocycles. The third-order valence-electron chi connectivity index (χ3n) is 2.08. The number of aromatic amines is 1. The molecular formula is C10H14N2. The van der Waals surface area contributed by atoms with Crippen LogP contribution in [0.25, 0.3) is 10.9 Å². The Hall–Kier alpha value is -1.31. The first-order valence-corrected chi connectivity index (χ1v) is 4.24. The summed E-state index contributed by atoms with van der Waals surface area (Å²) in [4.78, 5) is 7.58. The smallest absolute Gasteiger partial charge is 0.0489 e. The summed E-state index contributed by atoms with van der Waals surface area (Å²) in [6, 6.07) is 4.23. The predicted molar refractivity (Wildman–Crippen MR) is 52.3 cm³/mol. The van der Waals surface area contributed by atoms with Crippen LogP contribution in [0.5, 0.6) is 0 Å². The third kappa shape index (κ3) is 1.09. The lowest BCUT2D eigenvalue weighted by molar-refractivity contribution is 1.07. The summed E-state index contributed by atoms with van der Waals surface area (Å²) < 4.78 is 0. The van der Waals surface area contributed by atoms with Gasteiger partial charge in [0.1, 0.15) is 0 Å². The van der Waals surface area contributed by atoms with Gasteiger partial charge in [0.05, 0.1) is 0 Å². The fraction of sp³-hybridized carbons (Fsp3) is 0.300. The van der Waals surface area contributed by atoms with E-state index in [1.54, 1.807) is 0 Å². The van der Waals surface area contributed by atoms with Gasteiger partial charge >= 0.3 is 0 Å². The molecule has 0 saturated carbocycles. The van der Waals surface area contributed by atoms with Crippen LogP contribution in [0.4, 0.5) is 0 Å². The molecule has 2 heterocycles. The highest BCUT2D eigenvalue weighted by atomic mass is 14.7. The van der Waals surface area contributed by atoms with Crippen LogP contribution in [0, 0.1) is 6.92 Å². The fourth-order valence-electron chi connectivity index (χ4n) is 1.38. The SMILES string of the molecule is CCc1cc2cnc(C)cc2[nH]1.[HH]. The highest BCUT2D eigenvalue weighted by molar-refractivity contribution is 5.79. The van der Waals surface area contributed by atoms with Crippen molar-refractivity contribution >= 4 is 10.9 Å². The Morgan fingerprint density at radius 1 is 1.50 bits per heavy atom. The molecule has 2 heteroatoms. The molecule has 0 spiro atoms. The zero-order chi connectivity index (χ0) is 8.55. The van der Waals surface area contributed by atoms with Gasteiger partial charge in [0.2, 0.25) is 0 Å². The Morgan fingerprint density at radius 3 is 3.08 bits per heavy atom. The first-order chi connectivity index (χ1) is 5.79. The number of aromatic nitrogens is 2. The van der Waals surface area contributed by atoms with Crippen LogP contribution < -0.4 is 0 Å². The van der Waals surface area contributed by atoms with Gasteiger partial charge in [0.25, 0.3) is 0 Å².